The van der Waals surface area contributed by atoms with Gasteiger partial charge in [0.2, 0.25) is 0 Å². The van der Waals surface area contributed by atoms with Crippen LogP contribution < -0.4 is 10.3 Å². The number of hydrogen-bond donors (Lipinski definition) is 1. The average molecular weight is 390 g/mol. The van der Waals surface area contributed by atoms with Crippen molar-refractivity contribution in [2.24, 2.45) is 0 Å². The number of aromatic nitrogens is 3. The van der Waals surface area contributed by atoms with Crippen LogP contribution >= 0.6 is 0 Å². The Morgan fingerprint density at radius 2 is 1.79 bits per heavy atom. The number of benzene rings is 2. The van der Waals surface area contributed by atoms with Crippen LogP contribution in [-0.2, 0) is 0 Å². The van der Waals surface area contributed by atoms with Crippen molar-refractivity contribution in [2.45, 2.75) is 6.92 Å². The van der Waals surface area contributed by atoms with E-state index in [0.29, 0.717) is 22.7 Å². The van der Waals surface area contributed by atoms with E-state index in [2.05, 4.69) is 10.1 Å². The molecule has 0 saturated heterocycles. The molecule has 5 nitrogen and oxygen atoms in total. The van der Waals surface area contributed by atoms with E-state index in [1.807, 2.05) is 0 Å². The second kappa shape index (κ2) is 7.87. The summed E-state index contributed by atoms with van der Waals surface area (Å²) in [5.41, 5.74) is 2.26. The summed E-state index contributed by atoms with van der Waals surface area (Å²) in [7, 11) is 1.57. The van der Waals surface area contributed by atoms with Crippen LogP contribution in [0.25, 0.3) is 28.0 Å². The van der Waals surface area contributed by atoms with Gasteiger partial charge in [-0.2, -0.15) is 0 Å². The van der Waals surface area contributed by atoms with Crippen molar-refractivity contribution in [1.82, 2.24) is 14.6 Å². The smallest absolute Gasteiger partial charge is 0.273 e. The second-order valence-electron chi connectivity index (χ2n) is 6.10. The molecule has 0 spiro atoms. The fraction of sp³-hybridized carbons (Fsp3) is 0.100. The Labute approximate surface area is 181 Å². The Balaban J connectivity index is 0.00000225. The molecular weight excluding hydrogens is 375 g/mol. The first kappa shape index (κ1) is 20.3. The number of nitrogens with one attached hydrogen (secondary N) is 1. The van der Waals surface area contributed by atoms with Crippen LogP contribution in [0.2, 0.25) is 0 Å². The molecule has 0 saturated carbocycles. The summed E-state index contributed by atoms with van der Waals surface area (Å²) in [5, 5.41) is 2.89. The molecule has 137 valence electrons. The summed E-state index contributed by atoms with van der Waals surface area (Å²) in [6.45, 7) is 1.71. The van der Waals surface area contributed by atoms with Gasteiger partial charge in [0.05, 0.1) is 12.8 Å². The summed E-state index contributed by atoms with van der Waals surface area (Å²) in [6.07, 6.45) is 0. The van der Waals surface area contributed by atoms with Crippen molar-refractivity contribution in [3.05, 3.63) is 76.2 Å². The van der Waals surface area contributed by atoms with Crippen molar-refractivity contribution < 1.29 is 13.5 Å². The van der Waals surface area contributed by atoms with Crippen LogP contribution in [0.3, 0.4) is 0 Å². The van der Waals surface area contributed by atoms with E-state index in [4.69, 9.17) is 4.74 Å². The molecule has 0 unspecified atom stereocenters. The van der Waals surface area contributed by atoms with E-state index in [1.165, 1.54) is 22.7 Å². The van der Waals surface area contributed by atoms with E-state index >= 15 is 0 Å². The molecule has 2 heterocycles. The minimum Gasteiger partial charge on any atom is -0.497 e. The average Bonchev–Trinajstić information content (AvgIpc) is 2.98. The standard InChI is InChI=1S/C20H15F2N3O2.Na/c1-11-19(15-8-5-13(21)9-16(15)22)20-23-17(10-18(26)25(20)24-11)12-3-6-14(27-2)7-4-12;/h3-10,24H,1-2H3;. The maximum atomic E-state index is 14.3. The summed E-state index contributed by atoms with van der Waals surface area (Å²) in [5.74, 6) is -0.704. The van der Waals surface area contributed by atoms with Gasteiger partial charge in [-0.3, -0.25) is 9.89 Å². The Hall–Kier alpha value is -2.48. The number of ether oxygens (including phenoxy) is 1. The zero-order valence-electron chi connectivity index (χ0n) is 15.6. The fourth-order valence-corrected chi connectivity index (χ4v) is 3.07. The van der Waals surface area contributed by atoms with Crippen molar-refractivity contribution in [2.75, 3.05) is 7.11 Å². The maximum absolute atomic E-state index is 14.3. The molecule has 0 amide bonds. The maximum Gasteiger partial charge on any atom is 0.273 e. The number of fused-ring (bicyclic) bond motifs is 1. The van der Waals surface area contributed by atoms with Crippen LogP contribution in [0.5, 0.6) is 5.75 Å². The SMILES string of the molecule is COc1ccc(-c2cc(=O)n3[nH]c(C)c(-c4ccc(F)cc4F)c3n2)cc1.[Na]. The molecule has 0 atom stereocenters. The normalized spacial score (nSPS) is 10.7. The Kier molecular flexibility index (Phi) is 5.69. The second-order valence-corrected chi connectivity index (χ2v) is 6.10. The Morgan fingerprint density at radius 1 is 1.07 bits per heavy atom. The van der Waals surface area contributed by atoms with Gasteiger partial charge in [0, 0.05) is 64.1 Å². The van der Waals surface area contributed by atoms with Crippen LogP contribution in [-0.4, -0.2) is 51.3 Å². The minimum absolute atomic E-state index is 0. The van der Waals surface area contributed by atoms with Gasteiger partial charge in [0.25, 0.3) is 5.56 Å². The fourth-order valence-electron chi connectivity index (χ4n) is 3.07. The van der Waals surface area contributed by atoms with Crippen molar-refractivity contribution in [3.8, 4) is 28.1 Å². The number of rotatable bonds is 3. The summed E-state index contributed by atoms with van der Waals surface area (Å²) in [6, 6.07) is 11.8. The van der Waals surface area contributed by atoms with E-state index < -0.39 is 11.6 Å². The number of nitrogens with zero attached hydrogens (tertiary/aromatic N) is 2. The molecule has 0 fully saturated rings. The number of H-pyrrole nitrogens is 1. The van der Waals surface area contributed by atoms with Gasteiger partial charge in [-0.15, -0.1) is 0 Å². The van der Waals surface area contributed by atoms with E-state index in [9.17, 15) is 13.6 Å². The number of aryl methyl sites for hydroxylation is 1. The molecule has 4 rings (SSSR count). The van der Waals surface area contributed by atoms with Crippen LogP contribution in [0.4, 0.5) is 8.78 Å². The summed E-state index contributed by atoms with van der Waals surface area (Å²) in [4.78, 5) is 17.1. The van der Waals surface area contributed by atoms with Crippen molar-refractivity contribution >= 4 is 35.2 Å². The molecule has 0 aliphatic rings. The van der Waals surface area contributed by atoms with Crippen LogP contribution in [0.1, 0.15) is 5.69 Å². The first-order valence-electron chi connectivity index (χ1n) is 8.20. The zero-order valence-corrected chi connectivity index (χ0v) is 17.6. The first-order chi connectivity index (χ1) is 13.0. The third-order valence-electron chi connectivity index (χ3n) is 4.38. The molecular formula is C20H15F2N3NaO2. The van der Waals surface area contributed by atoms with Gasteiger partial charge in [0.15, 0.2) is 5.65 Å². The number of hydrogen-bond acceptors (Lipinski definition) is 3. The van der Waals surface area contributed by atoms with Gasteiger partial charge >= 0.3 is 0 Å². The van der Waals surface area contributed by atoms with E-state index in [1.54, 1.807) is 38.3 Å². The molecule has 0 aliphatic heterocycles. The third kappa shape index (κ3) is 3.48. The van der Waals surface area contributed by atoms with Crippen LogP contribution in [0.15, 0.2) is 53.3 Å². The molecule has 2 aromatic heterocycles. The van der Waals surface area contributed by atoms with Gasteiger partial charge in [0.1, 0.15) is 17.4 Å². The number of aromatic amines is 1. The largest absolute Gasteiger partial charge is 0.497 e. The molecule has 0 aliphatic carbocycles. The topological polar surface area (TPSA) is 59.4 Å². The van der Waals surface area contributed by atoms with Crippen LogP contribution in [0, 0.1) is 18.6 Å². The van der Waals surface area contributed by atoms with E-state index in [0.717, 1.165) is 11.6 Å². The van der Waals surface area contributed by atoms with Gasteiger partial charge in [-0.25, -0.2) is 18.3 Å². The molecule has 4 aromatic rings. The molecule has 28 heavy (non-hydrogen) atoms. The predicted molar refractivity (Wildman–Crippen MR) is 104 cm³/mol. The van der Waals surface area contributed by atoms with Crippen molar-refractivity contribution in [3.63, 3.8) is 0 Å². The monoisotopic (exact) mass is 390 g/mol. The molecule has 1 radical (unpaired) electrons. The van der Waals surface area contributed by atoms with Gasteiger partial charge in [-0.05, 0) is 43.3 Å². The molecule has 8 heteroatoms. The summed E-state index contributed by atoms with van der Waals surface area (Å²) >= 11 is 0. The zero-order chi connectivity index (χ0) is 19.1. The Morgan fingerprint density at radius 3 is 2.43 bits per heavy atom. The number of methoxy groups -OCH3 is 1. The predicted octanol–water partition coefficient (Wildman–Crippen LogP) is 3.57. The van der Waals surface area contributed by atoms with Gasteiger partial charge in [-0.1, -0.05) is 0 Å². The molecule has 2 aromatic carbocycles. The summed E-state index contributed by atoms with van der Waals surface area (Å²) < 4.78 is 34.0. The van der Waals surface area contributed by atoms with E-state index in [-0.39, 0.29) is 46.3 Å². The Bertz CT molecular complexity index is 1220. The molecule has 1 N–H and O–H groups in total. The number of halogens is 2. The third-order valence-corrected chi connectivity index (χ3v) is 4.38. The van der Waals surface area contributed by atoms with Crippen molar-refractivity contribution in [1.29, 1.82) is 0 Å². The first-order valence-corrected chi connectivity index (χ1v) is 8.20. The molecule has 0 bridgehead atoms. The van der Waals surface area contributed by atoms with Gasteiger partial charge < -0.3 is 4.74 Å². The quantitative estimate of drug-likeness (QED) is 0.544. The minimum atomic E-state index is -0.719.